The highest BCUT2D eigenvalue weighted by Crippen LogP contribution is 1.96. The van der Waals surface area contributed by atoms with Crippen molar-refractivity contribution in [2.75, 3.05) is 0 Å². The van der Waals surface area contributed by atoms with Crippen molar-refractivity contribution < 1.29 is 9.90 Å². The highest BCUT2D eigenvalue weighted by molar-refractivity contribution is 5.65. The predicted octanol–water partition coefficient (Wildman–Crippen LogP) is 1.53. The van der Waals surface area contributed by atoms with E-state index in [4.69, 9.17) is 5.11 Å². The molecule has 0 aliphatic rings. The Kier molecular flexibility index (Phi) is 5.21. The van der Waals surface area contributed by atoms with Crippen LogP contribution in [0.2, 0.25) is 0 Å². The second-order valence-electron chi connectivity index (χ2n) is 3.58. The first kappa shape index (κ1) is 12.3. The zero-order chi connectivity index (χ0) is 11.0. The van der Waals surface area contributed by atoms with E-state index >= 15 is 0 Å². The minimum atomic E-state index is -0.975. The standard InChI is InChI=1S/C5H11NO2.C4H4N2/c1-5(2,3)6-4(7)8;1-2-5-4-6-3-1/h6H,1-3H3,(H,7,8);1-4H. The Morgan fingerprint density at radius 3 is 1.86 bits per heavy atom. The van der Waals surface area contributed by atoms with Crippen LogP contribution in [0.4, 0.5) is 4.79 Å². The van der Waals surface area contributed by atoms with E-state index in [1.807, 2.05) is 0 Å². The maximum Gasteiger partial charge on any atom is 0.405 e. The van der Waals surface area contributed by atoms with Gasteiger partial charge < -0.3 is 10.4 Å². The summed E-state index contributed by atoms with van der Waals surface area (Å²) in [7, 11) is 0. The van der Waals surface area contributed by atoms with Crippen LogP contribution in [0.25, 0.3) is 0 Å². The molecule has 1 amide bonds. The van der Waals surface area contributed by atoms with Gasteiger partial charge in [-0.15, -0.1) is 0 Å². The number of rotatable bonds is 0. The van der Waals surface area contributed by atoms with Gasteiger partial charge in [-0.25, -0.2) is 14.8 Å². The first-order valence-electron chi connectivity index (χ1n) is 4.13. The molecular formula is C9H15N3O2. The second-order valence-corrected chi connectivity index (χ2v) is 3.58. The van der Waals surface area contributed by atoms with Gasteiger partial charge in [-0.3, -0.25) is 0 Å². The van der Waals surface area contributed by atoms with E-state index in [-0.39, 0.29) is 5.54 Å². The first-order valence-corrected chi connectivity index (χ1v) is 4.13. The zero-order valence-corrected chi connectivity index (χ0v) is 8.56. The van der Waals surface area contributed by atoms with E-state index in [1.54, 1.807) is 39.2 Å². The number of amides is 1. The third-order valence-corrected chi connectivity index (χ3v) is 0.960. The fraction of sp³-hybridized carbons (Fsp3) is 0.444. The molecule has 0 aliphatic heterocycles. The lowest BCUT2D eigenvalue weighted by molar-refractivity contribution is 0.184. The number of hydrogen-bond donors (Lipinski definition) is 2. The molecule has 0 aliphatic carbocycles. The average Bonchev–Trinajstić information content (AvgIpc) is 2.03. The number of carbonyl (C=O) groups is 1. The van der Waals surface area contributed by atoms with E-state index in [9.17, 15) is 4.79 Å². The van der Waals surface area contributed by atoms with Gasteiger partial charge in [-0.2, -0.15) is 0 Å². The topological polar surface area (TPSA) is 75.1 Å². The fourth-order valence-corrected chi connectivity index (χ4v) is 0.574. The lowest BCUT2D eigenvalue weighted by Gasteiger charge is -2.16. The summed E-state index contributed by atoms with van der Waals surface area (Å²) < 4.78 is 0. The largest absolute Gasteiger partial charge is 0.465 e. The number of carboxylic acid groups (broad SMARTS) is 1. The predicted molar refractivity (Wildman–Crippen MR) is 52.9 cm³/mol. The van der Waals surface area contributed by atoms with E-state index in [1.165, 1.54) is 6.33 Å². The molecular weight excluding hydrogens is 182 g/mol. The lowest BCUT2D eigenvalue weighted by Crippen LogP contribution is -2.39. The van der Waals surface area contributed by atoms with E-state index in [2.05, 4.69) is 15.3 Å². The molecule has 14 heavy (non-hydrogen) atoms. The van der Waals surface area contributed by atoms with Gasteiger partial charge in [-0.1, -0.05) is 0 Å². The van der Waals surface area contributed by atoms with Gasteiger partial charge in [-0.05, 0) is 26.8 Å². The summed E-state index contributed by atoms with van der Waals surface area (Å²) >= 11 is 0. The Bertz CT molecular complexity index is 230. The SMILES string of the molecule is CC(C)(C)NC(=O)O.c1cncnc1. The Labute approximate surface area is 83.2 Å². The third kappa shape index (κ3) is 10.3. The van der Waals surface area contributed by atoms with Crippen LogP contribution < -0.4 is 5.32 Å². The van der Waals surface area contributed by atoms with Crippen LogP contribution in [-0.4, -0.2) is 26.7 Å². The van der Waals surface area contributed by atoms with Crippen molar-refractivity contribution >= 4 is 6.09 Å². The van der Waals surface area contributed by atoms with Gasteiger partial charge >= 0.3 is 6.09 Å². The van der Waals surface area contributed by atoms with Gasteiger partial charge in [0.2, 0.25) is 0 Å². The maximum atomic E-state index is 9.90. The van der Waals surface area contributed by atoms with Crippen LogP contribution in [0, 0.1) is 0 Å². The quantitative estimate of drug-likeness (QED) is 0.661. The molecule has 0 bridgehead atoms. The number of nitrogens with one attached hydrogen (secondary N) is 1. The molecule has 2 N–H and O–H groups in total. The van der Waals surface area contributed by atoms with Crippen LogP contribution in [0.3, 0.4) is 0 Å². The molecule has 78 valence electrons. The molecule has 0 aromatic carbocycles. The Balaban J connectivity index is 0.000000249. The second kappa shape index (κ2) is 5.90. The van der Waals surface area contributed by atoms with Crippen molar-refractivity contribution in [2.24, 2.45) is 0 Å². The van der Waals surface area contributed by atoms with Gasteiger partial charge in [0.15, 0.2) is 0 Å². The molecule has 5 heteroatoms. The van der Waals surface area contributed by atoms with Gasteiger partial charge in [0, 0.05) is 17.9 Å². The summed E-state index contributed by atoms with van der Waals surface area (Å²) in [5.41, 5.74) is -0.328. The van der Waals surface area contributed by atoms with Crippen molar-refractivity contribution in [3.8, 4) is 0 Å². The number of hydrogen-bond acceptors (Lipinski definition) is 3. The highest BCUT2D eigenvalue weighted by atomic mass is 16.4. The Morgan fingerprint density at radius 2 is 1.79 bits per heavy atom. The minimum Gasteiger partial charge on any atom is -0.465 e. The number of nitrogens with zero attached hydrogens (tertiary/aromatic N) is 2. The van der Waals surface area contributed by atoms with Crippen molar-refractivity contribution in [1.82, 2.24) is 15.3 Å². The van der Waals surface area contributed by atoms with Gasteiger partial charge in [0.05, 0.1) is 0 Å². The van der Waals surface area contributed by atoms with Crippen LogP contribution in [0.1, 0.15) is 20.8 Å². The summed E-state index contributed by atoms with van der Waals surface area (Å²) in [6.07, 6.45) is 3.90. The third-order valence-electron chi connectivity index (χ3n) is 0.960. The van der Waals surface area contributed by atoms with Crippen molar-refractivity contribution in [1.29, 1.82) is 0 Å². The maximum absolute atomic E-state index is 9.90. The van der Waals surface area contributed by atoms with Crippen molar-refractivity contribution in [3.05, 3.63) is 24.8 Å². The van der Waals surface area contributed by atoms with Crippen molar-refractivity contribution in [3.63, 3.8) is 0 Å². The van der Waals surface area contributed by atoms with Crippen LogP contribution in [0.15, 0.2) is 24.8 Å². The molecule has 0 fully saturated rings. The summed E-state index contributed by atoms with van der Waals surface area (Å²) in [6, 6.07) is 1.78. The molecule has 1 aromatic rings. The Morgan fingerprint density at radius 1 is 1.29 bits per heavy atom. The molecule has 0 spiro atoms. The zero-order valence-electron chi connectivity index (χ0n) is 8.56. The lowest BCUT2D eigenvalue weighted by atomic mass is 10.1. The normalized spacial score (nSPS) is 9.64. The first-order chi connectivity index (χ1) is 6.42. The molecule has 0 unspecified atom stereocenters. The van der Waals surface area contributed by atoms with Crippen LogP contribution in [0.5, 0.6) is 0 Å². The van der Waals surface area contributed by atoms with Crippen LogP contribution >= 0.6 is 0 Å². The molecule has 1 aromatic heterocycles. The smallest absolute Gasteiger partial charge is 0.405 e. The molecule has 0 saturated carbocycles. The van der Waals surface area contributed by atoms with Gasteiger partial charge in [0.25, 0.3) is 0 Å². The fourth-order valence-electron chi connectivity index (χ4n) is 0.574. The monoisotopic (exact) mass is 197 g/mol. The summed E-state index contributed by atoms with van der Waals surface area (Å²) in [6.45, 7) is 5.38. The van der Waals surface area contributed by atoms with E-state index < -0.39 is 6.09 Å². The summed E-state index contributed by atoms with van der Waals surface area (Å²) in [5, 5.41) is 10.4. The molecule has 0 radical (unpaired) electrons. The van der Waals surface area contributed by atoms with E-state index in [0.29, 0.717) is 0 Å². The Hall–Kier alpha value is -1.65. The van der Waals surface area contributed by atoms with Gasteiger partial charge in [0.1, 0.15) is 6.33 Å². The molecule has 5 nitrogen and oxygen atoms in total. The number of aromatic nitrogens is 2. The van der Waals surface area contributed by atoms with E-state index in [0.717, 1.165) is 0 Å². The highest BCUT2D eigenvalue weighted by Gasteiger charge is 2.10. The minimum absolute atomic E-state index is 0.328. The summed E-state index contributed by atoms with van der Waals surface area (Å²) in [4.78, 5) is 17.3. The van der Waals surface area contributed by atoms with Crippen LogP contribution in [-0.2, 0) is 0 Å². The molecule has 0 saturated heterocycles. The summed E-state index contributed by atoms with van der Waals surface area (Å²) in [5.74, 6) is 0. The van der Waals surface area contributed by atoms with Crippen molar-refractivity contribution in [2.45, 2.75) is 26.3 Å². The molecule has 1 heterocycles. The molecule has 1 rings (SSSR count). The average molecular weight is 197 g/mol. The molecule has 0 atom stereocenters.